The highest BCUT2D eigenvalue weighted by Gasteiger charge is 2.30. The van der Waals surface area contributed by atoms with Crippen molar-refractivity contribution in [2.75, 3.05) is 28.4 Å². The van der Waals surface area contributed by atoms with E-state index in [4.69, 9.17) is 18.9 Å². The van der Waals surface area contributed by atoms with E-state index in [1.165, 1.54) is 0 Å². The molecule has 0 heterocycles. The van der Waals surface area contributed by atoms with Gasteiger partial charge in [0.05, 0.1) is 34.9 Å². The van der Waals surface area contributed by atoms with Gasteiger partial charge in [-0.3, -0.25) is 9.59 Å². The maximum Gasteiger partial charge on any atom is 0.243 e. The van der Waals surface area contributed by atoms with E-state index in [2.05, 4.69) is 5.32 Å². The Labute approximate surface area is 253 Å². The van der Waals surface area contributed by atoms with E-state index < -0.39 is 6.04 Å². The Bertz CT molecular complexity index is 1470. The first kappa shape index (κ1) is 31.0. The second-order valence-corrected chi connectivity index (χ2v) is 10.0. The van der Waals surface area contributed by atoms with Crippen LogP contribution in [0, 0.1) is 0 Å². The van der Waals surface area contributed by atoms with Crippen LogP contribution < -0.4 is 24.3 Å². The number of rotatable bonds is 14. The van der Waals surface area contributed by atoms with Crippen LogP contribution in [0.3, 0.4) is 0 Å². The lowest BCUT2D eigenvalue weighted by molar-refractivity contribution is -0.140. The number of nitrogens with zero attached hydrogens (tertiary/aromatic N) is 1. The molecule has 0 saturated carbocycles. The van der Waals surface area contributed by atoms with Crippen LogP contribution >= 0.6 is 0 Å². The van der Waals surface area contributed by atoms with Gasteiger partial charge in [-0.05, 0) is 58.7 Å². The van der Waals surface area contributed by atoms with Crippen LogP contribution in [-0.2, 0) is 35.5 Å². The normalized spacial score (nSPS) is 11.3. The molecule has 1 atom stereocenters. The number of carbonyl (C=O) groups excluding carboxylic acids is 2. The number of nitrogens with one attached hydrogen (secondary N) is 1. The van der Waals surface area contributed by atoms with Gasteiger partial charge in [0.2, 0.25) is 11.8 Å². The summed E-state index contributed by atoms with van der Waals surface area (Å²) >= 11 is 0. The lowest BCUT2D eigenvalue weighted by Gasteiger charge is -2.32. The van der Waals surface area contributed by atoms with Crippen molar-refractivity contribution in [2.24, 2.45) is 0 Å². The second kappa shape index (κ2) is 15.3. The Kier molecular flexibility index (Phi) is 11.0. The van der Waals surface area contributed by atoms with Crippen LogP contribution in [-0.4, -0.2) is 51.2 Å². The van der Waals surface area contributed by atoms with Gasteiger partial charge in [-0.15, -0.1) is 0 Å². The van der Waals surface area contributed by atoms with Crippen LogP contribution in [0.1, 0.15) is 22.3 Å². The molecule has 0 aromatic heterocycles. The molecule has 0 radical (unpaired) electrons. The first-order valence-corrected chi connectivity index (χ1v) is 14.0. The fourth-order valence-electron chi connectivity index (χ4n) is 4.80. The highest BCUT2D eigenvalue weighted by atomic mass is 16.5. The third kappa shape index (κ3) is 8.52. The summed E-state index contributed by atoms with van der Waals surface area (Å²) in [5, 5.41) is 3.06. The minimum absolute atomic E-state index is 0.0769. The molecular weight excluding hydrogens is 544 g/mol. The summed E-state index contributed by atoms with van der Waals surface area (Å²) in [7, 11) is 6.35. The number of amides is 2. The van der Waals surface area contributed by atoms with Crippen molar-refractivity contribution in [2.45, 2.75) is 32.0 Å². The van der Waals surface area contributed by atoms with Crippen LogP contribution in [0.15, 0.2) is 97.1 Å². The van der Waals surface area contributed by atoms with E-state index in [9.17, 15) is 9.59 Å². The molecule has 4 aromatic carbocycles. The molecule has 4 rings (SSSR count). The lowest BCUT2D eigenvalue weighted by atomic mass is 10.0. The average molecular weight is 583 g/mol. The minimum Gasteiger partial charge on any atom is -0.497 e. The fourth-order valence-corrected chi connectivity index (χ4v) is 4.80. The topological polar surface area (TPSA) is 86.3 Å². The molecule has 0 aliphatic rings. The standard InChI is InChI=1S/C35H38N2O6/c1-40-29-15-10-26(11-16-29)23-36-35(39)31(20-25-8-6-5-7-9-25)37(24-27-12-17-30(41-2)18-13-27)34(38)22-28-14-19-32(42-3)33(21-28)43-4/h5-19,21,31H,20,22-24H2,1-4H3,(H,36,39)/t31-/m1/s1. The summed E-state index contributed by atoms with van der Waals surface area (Å²) < 4.78 is 21.4. The zero-order valence-corrected chi connectivity index (χ0v) is 25.0. The van der Waals surface area contributed by atoms with Gasteiger partial charge in [0.25, 0.3) is 0 Å². The van der Waals surface area contributed by atoms with Crippen molar-refractivity contribution < 1.29 is 28.5 Å². The summed E-state index contributed by atoms with van der Waals surface area (Å²) in [6, 6.07) is 29.4. The van der Waals surface area contributed by atoms with E-state index in [-0.39, 0.29) is 24.8 Å². The van der Waals surface area contributed by atoms with Gasteiger partial charge in [-0.2, -0.15) is 0 Å². The third-order valence-electron chi connectivity index (χ3n) is 7.21. The maximum atomic E-state index is 14.1. The number of ether oxygens (including phenoxy) is 4. The highest BCUT2D eigenvalue weighted by Crippen LogP contribution is 2.28. The monoisotopic (exact) mass is 582 g/mol. The smallest absolute Gasteiger partial charge is 0.243 e. The number of methoxy groups -OCH3 is 4. The number of hydrogen-bond donors (Lipinski definition) is 1. The van der Waals surface area contributed by atoms with E-state index >= 15 is 0 Å². The zero-order chi connectivity index (χ0) is 30.6. The number of carbonyl (C=O) groups is 2. The van der Waals surface area contributed by atoms with Crippen molar-refractivity contribution in [1.82, 2.24) is 10.2 Å². The molecule has 1 N–H and O–H groups in total. The molecule has 0 spiro atoms. The second-order valence-electron chi connectivity index (χ2n) is 10.0. The summed E-state index contributed by atoms with van der Waals surface area (Å²) in [5.74, 6) is 2.13. The molecule has 43 heavy (non-hydrogen) atoms. The van der Waals surface area contributed by atoms with Crippen molar-refractivity contribution in [1.29, 1.82) is 0 Å². The number of benzene rings is 4. The molecule has 0 unspecified atom stereocenters. The molecular formula is C35H38N2O6. The Morgan fingerprint density at radius 2 is 1.23 bits per heavy atom. The largest absolute Gasteiger partial charge is 0.497 e. The van der Waals surface area contributed by atoms with Crippen LogP contribution in [0.5, 0.6) is 23.0 Å². The predicted octanol–water partition coefficient (Wildman–Crippen LogP) is 5.22. The van der Waals surface area contributed by atoms with Crippen LogP contribution in [0.2, 0.25) is 0 Å². The summed E-state index contributed by atoms with van der Waals surface area (Å²) in [6.07, 6.45) is 0.427. The van der Waals surface area contributed by atoms with Crippen molar-refractivity contribution >= 4 is 11.8 Å². The Morgan fingerprint density at radius 1 is 0.651 bits per heavy atom. The van der Waals surface area contributed by atoms with Gasteiger partial charge < -0.3 is 29.2 Å². The molecule has 8 nitrogen and oxygen atoms in total. The fraction of sp³-hybridized carbons (Fsp3) is 0.257. The summed E-state index contributed by atoms with van der Waals surface area (Å²) in [6.45, 7) is 0.554. The van der Waals surface area contributed by atoms with Gasteiger partial charge >= 0.3 is 0 Å². The molecule has 8 heteroatoms. The van der Waals surface area contributed by atoms with E-state index in [0.717, 1.165) is 28.0 Å². The summed E-state index contributed by atoms with van der Waals surface area (Å²) in [4.78, 5) is 29.7. The molecule has 2 amide bonds. The average Bonchev–Trinajstić information content (AvgIpc) is 3.06. The van der Waals surface area contributed by atoms with E-state index in [0.29, 0.717) is 30.2 Å². The first-order valence-electron chi connectivity index (χ1n) is 14.0. The molecule has 0 bridgehead atoms. The van der Waals surface area contributed by atoms with Gasteiger partial charge in [-0.1, -0.05) is 60.7 Å². The summed E-state index contributed by atoms with van der Waals surface area (Å²) in [5.41, 5.74) is 3.50. The Hall–Kier alpha value is -4.98. The maximum absolute atomic E-state index is 14.1. The van der Waals surface area contributed by atoms with E-state index in [1.54, 1.807) is 45.5 Å². The molecule has 0 aliphatic carbocycles. The van der Waals surface area contributed by atoms with Crippen molar-refractivity contribution in [3.8, 4) is 23.0 Å². The minimum atomic E-state index is -0.768. The predicted molar refractivity (Wildman–Crippen MR) is 166 cm³/mol. The molecule has 0 aliphatic heterocycles. The van der Waals surface area contributed by atoms with Crippen molar-refractivity contribution in [3.05, 3.63) is 119 Å². The first-order chi connectivity index (χ1) is 20.9. The SMILES string of the molecule is COc1ccc(CNC(=O)[C@@H](Cc2ccccc2)N(Cc2ccc(OC)cc2)C(=O)Cc2ccc(OC)c(OC)c2)cc1. The molecule has 4 aromatic rings. The van der Waals surface area contributed by atoms with E-state index in [1.807, 2.05) is 84.9 Å². The van der Waals surface area contributed by atoms with Crippen LogP contribution in [0.4, 0.5) is 0 Å². The van der Waals surface area contributed by atoms with Gasteiger partial charge in [0.15, 0.2) is 11.5 Å². The Morgan fingerprint density at radius 3 is 1.81 bits per heavy atom. The quantitative estimate of drug-likeness (QED) is 0.220. The zero-order valence-electron chi connectivity index (χ0n) is 25.0. The molecule has 224 valence electrons. The van der Waals surface area contributed by atoms with Crippen molar-refractivity contribution in [3.63, 3.8) is 0 Å². The van der Waals surface area contributed by atoms with Gasteiger partial charge in [-0.25, -0.2) is 0 Å². The number of hydrogen-bond acceptors (Lipinski definition) is 6. The third-order valence-corrected chi connectivity index (χ3v) is 7.21. The highest BCUT2D eigenvalue weighted by molar-refractivity contribution is 5.89. The van der Waals surface area contributed by atoms with Gasteiger partial charge in [0.1, 0.15) is 17.5 Å². The lowest BCUT2D eigenvalue weighted by Crippen LogP contribution is -2.50. The van der Waals surface area contributed by atoms with Crippen LogP contribution in [0.25, 0.3) is 0 Å². The molecule has 0 fully saturated rings. The Balaban J connectivity index is 1.66. The molecule has 0 saturated heterocycles. The van der Waals surface area contributed by atoms with Gasteiger partial charge in [0, 0.05) is 19.5 Å².